The molecule has 1 fully saturated rings. The molecule has 0 radical (unpaired) electrons. The van der Waals surface area contributed by atoms with Gasteiger partial charge < -0.3 is 14.7 Å². The minimum atomic E-state index is 0.0214. The molecule has 0 atom stereocenters. The Morgan fingerprint density at radius 2 is 2.14 bits per heavy atom. The molecule has 1 amide bonds. The summed E-state index contributed by atoms with van der Waals surface area (Å²) in [5.41, 5.74) is 2.23. The largest absolute Gasteiger partial charge is 0.484 e. The van der Waals surface area contributed by atoms with Crippen molar-refractivity contribution in [2.45, 2.75) is 45.6 Å². The molecule has 1 saturated carbocycles. The predicted octanol–water partition coefficient (Wildman–Crippen LogP) is 2.45. The molecule has 0 aliphatic heterocycles. The molecule has 1 N–H and O–H groups in total. The van der Waals surface area contributed by atoms with Crippen LogP contribution in [0.1, 0.15) is 36.8 Å². The smallest absolute Gasteiger partial charge is 0.260 e. The number of rotatable bonds is 7. The fourth-order valence-electron chi connectivity index (χ4n) is 2.63. The Hall–Kier alpha value is -1.55. The summed E-state index contributed by atoms with van der Waals surface area (Å²) in [5, 5.41) is 8.97. The molecule has 1 aliphatic carbocycles. The number of hydrogen-bond donors (Lipinski definition) is 1. The van der Waals surface area contributed by atoms with Crippen LogP contribution in [-0.2, 0) is 4.79 Å². The van der Waals surface area contributed by atoms with Crippen molar-refractivity contribution in [3.8, 4) is 5.75 Å². The number of nitrogens with zero attached hydrogens (tertiary/aromatic N) is 1. The third-order valence-corrected chi connectivity index (χ3v) is 4.07. The van der Waals surface area contributed by atoms with Crippen LogP contribution in [-0.4, -0.2) is 41.7 Å². The Kier molecular flexibility index (Phi) is 5.62. The van der Waals surface area contributed by atoms with E-state index in [9.17, 15) is 4.79 Å². The second kappa shape index (κ2) is 7.46. The molecule has 2 rings (SSSR count). The highest BCUT2D eigenvalue weighted by Gasteiger charge is 2.28. The van der Waals surface area contributed by atoms with Gasteiger partial charge >= 0.3 is 0 Å². The van der Waals surface area contributed by atoms with Gasteiger partial charge in [-0.05, 0) is 51.2 Å². The molecule has 0 aromatic heterocycles. The number of aliphatic hydroxyl groups excluding tert-OH is 1. The third-order valence-electron chi connectivity index (χ3n) is 4.07. The minimum absolute atomic E-state index is 0.0214. The van der Waals surface area contributed by atoms with E-state index < -0.39 is 0 Å². The fourth-order valence-corrected chi connectivity index (χ4v) is 2.63. The molecule has 0 unspecified atom stereocenters. The van der Waals surface area contributed by atoms with E-state index in [1.165, 1.54) is 12.0 Å². The fraction of sp³-hybridized carbons (Fsp3) is 0.588. The van der Waals surface area contributed by atoms with Crippen LogP contribution >= 0.6 is 0 Å². The standard InChI is InChI=1S/C17H25NO3/c1-13-7-8-16(14(2)11-13)21-12-17(20)18(9-4-10-19)15-5-3-6-15/h7-8,11,15,19H,3-6,9-10,12H2,1-2H3. The monoisotopic (exact) mass is 291 g/mol. The Morgan fingerprint density at radius 1 is 1.38 bits per heavy atom. The number of amides is 1. The summed E-state index contributed by atoms with van der Waals surface area (Å²) in [6.45, 7) is 4.84. The summed E-state index contributed by atoms with van der Waals surface area (Å²) in [5.74, 6) is 0.790. The van der Waals surface area contributed by atoms with Crippen LogP contribution in [0, 0.1) is 13.8 Å². The lowest BCUT2D eigenvalue weighted by atomic mass is 9.91. The quantitative estimate of drug-likeness (QED) is 0.839. The van der Waals surface area contributed by atoms with Crippen molar-refractivity contribution in [3.05, 3.63) is 29.3 Å². The van der Waals surface area contributed by atoms with E-state index in [0.717, 1.165) is 24.2 Å². The van der Waals surface area contributed by atoms with Crippen LogP contribution < -0.4 is 4.74 Å². The Bertz CT molecular complexity index is 483. The highest BCUT2D eigenvalue weighted by molar-refractivity contribution is 5.78. The molecular weight excluding hydrogens is 266 g/mol. The summed E-state index contributed by atoms with van der Waals surface area (Å²) < 4.78 is 5.68. The van der Waals surface area contributed by atoms with E-state index in [-0.39, 0.29) is 19.1 Å². The lowest BCUT2D eigenvalue weighted by Gasteiger charge is -2.37. The van der Waals surface area contributed by atoms with E-state index in [1.54, 1.807) is 0 Å². The van der Waals surface area contributed by atoms with Crippen LogP contribution in [0.5, 0.6) is 5.75 Å². The summed E-state index contributed by atoms with van der Waals surface area (Å²) in [6.07, 6.45) is 3.96. The van der Waals surface area contributed by atoms with Gasteiger partial charge in [0.2, 0.25) is 0 Å². The van der Waals surface area contributed by atoms with Gasteiger partial charge in [0, 0.05) is 19.2 Å². The maximum atomic E-state index is 12.4. The zero-order valence-corrected chi connectivity index (χ0v) is 13.0. The predicted molar refractivity (Wildman–Crippen MR) is 82.5 cm³/mol. The number of ether oxygens (including phenoxy) is 1. The second-order valence-corrected chi connectivity index (χ2v) is 5.81. The van der Waals surface area contributed by atoms with Crippen molar-refractivity contribution in [1.29, 1.82) is 0 Å². The van der Waals surface area contributed by atoms with Crippen molar-refractivity contribution < 1.29 is 14.6 Å². The summed E-state index contributed by atoms with van der Waals surface area (Å²) >= 11 is 0. The maximum Gasteiger partial charge on any atom is 0.260 e. The molecule has 4 heteroatoms. The number of aryl methyl sites for hydroxylation is 2. The first-order valence-electron chi connectivity index (χ1n) is 7.72. The number of carbonyl (C=O) groups is 1. The highest BCUT2D eigenvalue weighted by Crippen LogP contribution is 2.25. The van der Waals surface area contributed by atoms with Crippen molar-refractivity contribution in [1.82, 2.24) is 4.90 Å². The molecule has 0 saturated heterocycles. The van der Waals surface area contributed by atoms with Crippen LogP contribution in [0.4, 0.5) is 0 Å². The van der Waals surface area contributed by atoms with Gasteiger partial charge in [-0.3, -0.25) is 4.79 Å². The second-order valence-electron chi connectivity index (χ2n) is 5.81. The average Bonchev–Trinajstić information content (AvgIpc) is 2.40. The average molecular weight is 291 g/mol. The van der Waals surface area contributed by atoms with E-state index >= 15 is 0 Å². The first-order valence-corrected chi connectivity index (χ1v) is 7.72. The topological polar surface area (TPSA) is 49.8 Å². The maximum absolute atomic E-state index is 12.4. The van der Waals surface area contributed by atoms with Crippen molar-refractivity contribution in [2.24, 2.45) is 0 Å². The van der Waals surface area contributed by atoms with Crippen LogP contribution in [0.3, 0.4) is 0 Å². The van der Waals surface area contributed by atoms with Crippen LogP contribution in [0.2, 0.25) is 0 Å². The molecule has 21 heavy (non-hydrogen) atoms. The molecule has 1 aromatic rings. The molecule has 4 nitrogen and oxygen atoms in total. The number of hydrogen-bond acceptors (Lipinski definition) is 3. The zero-order valence-electron chi connectivity index (χ0n) is 13.0. The van der Waals surface area contributed by atoms with Crippen LogP contribution in [0.15, 0.2) is 18.2 Å². The van der Waals surface area contributed by atoms with Gasteiger partial charge in [-0.1, -0.05) is 17.7 Å². The van der Waals surface area contributed by atoms with E-state index in [2.05, 4.69) is 6.07 Å². The SMILES string of the molecule is Cc1ccc(OCC(=O)N(CCCO)C2CCC2)c(C)c1. The third kappa shape index (κ3) is 4.21. The van der Waals surface area contributed by atoms with Crippen molar-refractivity contribution >= 4 is 5.91 Å². The van der Waals surface area contributed by atoms with Gasteiger partial charge in [0.05, 0.1) is 0 Å². The van der Waals surface area contributed by atoms with Gasteiger partial charge in [0.25, 0.3) is 5.91 Å². The van der Waals surface area contributed by atoms with Crippen molar-refractivity contribution in [2.75, 3.05) is 19.8 Å². The number of aliphatic hydroxyl groups is 1. The van der Waals surface area contributed by atoms with Gasteiger partial charge in [0.15, 0.2) is 6.61 Å². The summed E-state index contributed by atoms with van der Waals surface area (Å²) in [7, 11) is 0. The Labute approximate surface area is 126 Å². The van der Waals surface area contributed by atoms with Crippen LogP contribution in [0.25, 0.3) is 0 Å². The normalized spacial score (nSPS) is 14.6. The van der Waals surface area contributed by atoms with E-state index in [0.29, 0.717) is 19.0 Å². The molecule has 1 aliphatic rings. The molecule has 1 aromatic carbocycles. The lowest BCUT2D eigenvalue weighted by molar-refractivity contribution is -0.137. The van der Waals surface area contributed by atoms with Gasteiger partial charge in [0.1, 0.15) is 5.75 Å². The molecule has 0 spiro atoms. The number of carbonyl (C=O) groups excluding carboxylic acids is 1. The molecule has 0 heterocycles. The number of benzene rings is 1. The first-order chi connectivity index (χ1) is 10.1. The van der Waals surface area contributed by atoms with Gasteiger partial charge in [-0.25, -0.2) is 0 Å². The lowest BCUT2D eigenvalue weighted by Crippen LogP contribution is -2.46. The Balaban J connectivity index is 1.91. The molecular formula is C17H25NO3. The van der Waals surface area contributed by atoms with E-state index in [4.69, 9.17) is 9.84 Å². The van der Waals surface area contributed by atoms with Gasteiger partial charge in [-0.2, -0.15) is 0 Å². The summed E-state index contributed by atoms with van der Waals surface area (Å²) in [6, 6.07) is 6.29. The van der Waals surface area contributed by atoms with Crippen molar-refractivity contribution in [3.63, 3.8) is 0 Å². The minimum Gasteiger partial charge on any atom is -0.484 e. The summed E-state index contributed by atoms with van der Waals surface area (Å²) in [4.78, 5) is 14.2. The zero-order chi connectivity index (χ0) is 15.2. The van der Waals surface area contributed by atoms with E-state index in [1.807, 2.05) is 30.9 Å². The highest BCUT2D eigenvalue weighted by atomic mass is 16.5. The molecule has 116 valence electrons. The Morgan fingerprint density at radius 3 is 2.71 bits per heavy atom. The first kappa shape index (κ1) is 15.8. The van der Waals surface area contributed by atoms with Gasteiger partial charge in [-0.15, -0.1) is 0 Å². The molecule has 0 bridgehead atoms.